The molecule has 118 valence electrons. The number of carbonyl (C=O) groups excluding carboxylic acids is 1. The summed E-state index contributed by atoms with van der Waals surface area (Å²) < 4.78 is 16.2. The van der Waals surface area contributed by atoms with Crippen LogP contribution in [0.4, 0.5) is 0 Å². The average molecular weight is 302 g/mol. The highest BCUT2D eigenvalue weighted by atomic mass is 28.2. The largest absolute Gasteiger partial charge is 0.522 e. The van der Waals surface area contributed by atoms with Crippen molar-refractivity contribution in [3.8, 4) is 0 Å². The second-order valence-electron chi connectivity index (χ2n) is 4.65. The maximum Gasteiger partial charge on any atom is 0.319 e. The molecule has 0 N–H and O–H groups in total. The maximum absolute atomic E-state index is 11.8. The van der Waals surface area contributed by atoms with Crippen LogP contribution in [-0.4, -0.2) is 35.2 Å². The summed E-state index contributed by atoms with van der Waals surface area (Å²) in [5.74, 6) is -0.181. The molecule has 5 heteroatoms. The number of unbranched alkanes of at least 4 members (excludes halogenated alkanes) is 3. The Balaban J connectivity index is 3.89. The molecular formula is C15H30O4Si. The lowest BCUT2D eigenvalue weighted by Gasteiger charge is -2.16. The highest BCUT2D eigenvalue weighted by Crippen LogP contribution is 2.06. The first-order valence-electron chi connectivity index (χ1n) is 7.72. The van der Waals surface area contributed by atoms with E-state index < -0.39 is 9.76 Å². The van der Waals surface area contributed by atoms with Crippen LogP contribution < -0.4 is 0 Å². The van der Waals surface area contributed by atoms with Gasteiger partial charge in [0.25, 0.3) is 0 Å². The highest BCUT2D eigenvalue weighted by Gasteiger charge is 2.11. The third kappa shape index (κ3) is 10.2. The van der Waals surface area contributed by atoms with Crippen molar-refractivity contribution in [1.82, 2.24) is 0 Å². The average Bonchev–Trinajstić information content (AvgIpc) is 2.43. The van der Waals surface area contributed by atoms with Crippen LogP contribution in [0.25, 0.3) is 0 Å². The first kappa shape index (κ1) is 19.3. The molecule has 0 heterocycles. The van der Waals surface area contributed by atoms with E-state index in [1.807, 2.05) is 26.8 Å². The molecule has 20 heavy (non-hydrogen) atoms. The Morgan fingerprint density at radius 1 is 1.15 bits per heavy atom. The molecule has 0 aliphatic rings. The topological polar surface area (TPSA) is 44.8 Å². The van der Waals surface area contributed by atoms with E-state index >= 15 is 0 Å². The molecule has 0 saturated heterocycles. The van der Waals surface area contributed by atoms with Gasteiger partial charge in [-0.3, -0.25) is 0 Å². The summed E-state index contributed by atoms with van der Waals surface area (Å²) >= 11 is 0. The summed E-state index contributed by atoms with van der Waals surface area (Å²) in [6.45, 7) is 9.09. The normalized spacial score (nSPS) is 12.6. The molecule has 0 radical (unpaired) electrons. The van der Waals surface area contributed by atoms with Crippen molar-refractivity contribution in [3.63, 3.8) is 0 Å². The molecule has 0 saturated carbocycles. The summed E-state index contributed by atoms with van der Waals surface area (Å²) in [4.78, 5) is 11.8. The number of ether oxygens (including phenoxy) is 2. The van der Waals surface area contributed by atoms with Gasteiger partial charge in [0.2, 0.25) is 9.76 Å². The first-order chi connectivity index (χ1) is 9.65. The zero-order valence-corrected chi connectivity index (χ0v) is 14.9. The summed E-state index contributed by atoms with van der Waals surface area (Å²) in [5, 5.41) is 0. The van der Waals surface area contributed by atoms with E-state index in [9.17, 15) is 4.79 Å². The van der Waals surface area contributed by atoms with Crippen LogP contribution in [0.1, 0.15) is 53.4 Å². The first-order valence-corrected chi connectivity index (χ1v) is 9.30. The van der Waals surface area contributed by atoms with Crippen molar-refractivity contribution in [3.05, 3.63) is 11.6 Å². The maximum atomic E-state index is 11.8. The van der Waals surface area contributed by atoms with Crippen molar-refractivity contribution >= 4 is 15.7 Å². The highest BCUT2D eigenvalue weighted by molar-refractivity contribution is 6.31. The van der Waals surface area contributed by atoms with Crippen LogP contribution in [0.15, 0.2) is 11.6 Å². The summed E-state index contributed by atoms with van der Waals surface area (Å²) in [5.41, 5.74) is 0.720. The number of hydrogen-bond donors (Lipinski definition) is 0. The fourth-order valence-corrected chi connectivity index (χ4v) is 2.80. The van der Waals surface area contributed by atoms with Crippen LogP contribution in [0, 0.1) is 0 Å². The van der Waals surface area contributed by atoms with Crippen molar-refractivity contribution < 1.29 is 18.7 Å². The number of rotatable bonds is 12. The molecule has 0 fully saturated rings. The Bertz CT molecular complexity index is 273. The smallest absolute Gasteiger partial charge is 0.319 e. The summed E-state index contributed by atoms with van der Waals surface area (Å²) in [6.07, 6.45) is 6.25. The van der Waals surface area contributed by atoms with Crippen molar-refractivity contribution in [1.29, 1.82) is 0 Å². The number of hydrogen-bond acceptors (Lipinski definition) is 4. The molecule has 0 aromatic heterocycles. The number of carbonyl (C=O) groups is 1. The van der Waals surface area contributed by atoms with Crippen LogP contribution in [0.5, 0.6) is 0 Å². The van der Waals surface area contributed by atoms with Gasteiger partial charge in [0, 0.05) is 24.8 Å². The lowest BCUT2D eigenvalue weighted by Crippen LogP contribution is -2.21. The van der Waals surface area contributed by atoms with Crippen LogP contribution in [0.2, 0.25) is 6.04 Å². The van der Waals surface area contributed by atoms with Gasteiger partial charge in [-0.15, -0.1) is 0 Å². The Labute approximate surface area is 125 Å². The quantitative estimate of drug-likeness (QED) is 0.241. The van der Waals surface area contributed by atoms with Gasteiger partial charge in [-0.25, -0.2) is 4.79 Å². The standard InChI is InChI=1S/C15H30O4Si/c1-5-8-9-10-11-13(4)15(16)19-20-12-14(17-6-2)18-7-3/h11,14H,5-10,12,20H2,1-4H3. The molecule has 0 aromatic rings. The van der Waals surface area contributed by atoms with E-state index in [1.165, 1.54) is 12.8 Å². The minimum atomic E-state index is -0.940. The van der Waals surface area contributed by atoms with Crippen LogP contribution >= 0.6 is 0 Å². The van der Waals surface area contributed by atoms with Gasteiger partial charge >= 0.3 is 5.97 Å². The molecule has 0 bridgehead atoms. The van der Waals surface area contributed by atoms with Gasteiger partial charge in [0.15, 0.2) is 6.29 Å². The number of allylic oxidation sites excluding steroid dienone is 1. The Kier molecular flexibility index (Phi) is 12.9. The van der Waals surface area contributed by atoms with E-state index in [0.717, 1.165) is 18.4 Å². The molecule has 0 rings (SSSR count). The molecule has 4 nitrogen and oxygen atoms in total. The van der Waals surface area contributed by atoms with Gasteiger partial charge in [-0.2, -0.15) is 0 Å². The molecule has 0 amide bonds. The third-order valence-corrected chi connectivity index (χ3v) is 4.05. The van der Waals surface area contributed by atoms with Crippen molar-refractivity contribution in [2.75, 3.05) is 13.2 Å². The van der Waals surface area contributed by atoms with Gasteiger partial charge in [0.1, 0.15) is 0 Å². The molecular weight excluding hydrogens is 272 g/mol. The minimum Gasteiger partial charge on any atom is -0.522 e. The Hall–Kier alpha value is -0.653. The monoisotopic (exact) mass is 302 g/mol. The van der Waals surface area contributed by atoms with E-state index in [-0.39, 0.29) is 12.3 Å². The fourth-order valence-electron chi connectivity index (χ4n) is 1.74. The lowest BCUT2D eigenvalue weighted by molar-refractivity contribution is -0.132. The third-order valence-electron chi connectivity index (χ3n) is 2.87. The van der Waals surface area contributed by atoms with Gasteiger partial charge in [-0.05, 0) is 33.6 Å². The van der Waals surface area contributed by atoms with Gasteiger partial charge in [0.05, 0.1) is 0 Å². The van der Waals surface area contributed by atoms with E-state index in [1.54, 1.807) is 0 Å². The van der Waals surface area contributed by atoms with E-state index in [4.69, 9.17) is 13.9 Å². The van der Waals surface area contributed by atoms with Crippen molar-refractivity contribution in [2.45, 2.75) is 65.7 Å². The fraction of sp³-hybridized carbons (Fsp3) is 0.800. The molecule has 0 aromatic carbocycles. The molecule has 0 unspecified atom stereocenters. The van der Waals surface area contributed by atoms with E-state index in [2.05, 4.69) is 6.92 Å². The predicted molar refractivity (Wildman–Crippen MR) is 84.4 cm³/mol. The van der Waals surface area contributed by atoms with Crippen LogP contribution in [-0.2, 0) is 18.7 Å². The minimum absolute atomic E-state index is 0.181. The summed E-state index contributed by atoms with van der Waals surface area (Å²) in [6, 6.07) is 0.705. The summed E-state index contributed by atoms with van der Waals surface area (Å²) in [7, 11) is -0.940. The SMILES string of the molecule is CCCCCC=C(C)C(=O)O[SiH2]CC(OCC)OCC. The predicted octanol–water partition coefficient (Wildman–Crippen LogP) is 2.96. The second kappa shape index (κ2) is 13.3. The Morgan fingerprint density at radius 3 is 2.35 bits per heavy atom. The molecule has 0 aliphatic heterocycles. The molecule has 0 spiro atoms. The lowest BCUT2D eigenvalue weighted by atomic mass is 10.1. The van der Waals surface area contributed by atoms with Crippen molar-refractivity contribution in [2.24, 2.45) is 0 Å². The Morgan fingerprint density at radius 2 is 1.80 bits per heavy atom. The van der Waals surface area contributed by atoms with E-state index in [0.29, 0.717) is 19.3 Å². The second-order valence-corrected chi connectivity index (χ2v) is 5.92. The zero-order valence-electron chi connectivity index (χ0n) is 13.4. The van der Waals surface area contributed by atoms with Gasteiger partial charge < -0.3 is 13.9 Å². The molecule has 0 aliphatic carbocycles. The zero-order chi connectivity index (χ0) is 15.2. The van der Waals surface area contributed by atoms with Crippen LogP contribution in [0.3, 0.4) is 0 Å². The van der Waals surface area contributed by atoms with Gasteiger partial charge in [-0.1, -0.05) is 25.8 Å². The molecule has 0 atom stereocenters.